The number of nitrogens with zero attached hydrogens (tertiary/aromatic N) is 3. The molecule has 2 aromatic heterocycles. The molecule has 0 aliphatic heterocycles. The number of ether oxygens (including phenoxy) is 1. The number of rotatable bonds is 4. The summed E-state index contributed by atoms with van der Waals surface area (Å²) < 4.78 is 6.79. The van der Waals surface area contributed by atoms with Gasteiger partial charge in [-0.05, 0) is 36.2 Å². The quantitative estimate of drug-likeness (QED) is 0.615. The van der Waals surface area contributed by atoms with E-state index in [0.717, 1.165) is 27.8 Å². The smallest absolute Gasteiger partial charge is 0.275 e. The van der Waals surface area contributed by atoms with Gasteiger partial charge in [-0.1, -0.05) is 24.3 Å². The maximum absolute atomic E-state index is 13.1. The fraction of sp³-hybridized carbons (Fsp3) is 0.150. The third kappa shape index (κ3) is 2.75. The Kier molecular flexibility index (Phi) is 4.01. The number of hydrogen-bond acceptors (Lipinski definition) is 4. The van der Waals surface area contributed by atoms with E-state index in [1.165, 1.54) is 4.68 Å². The van der Waals surface area contributed by atoms with Gasteiger partial charge in [0.05, 0.1) is 30.9 Å². The average Bonchev–Trinajstić information content (AvgIpc) is 3.22. The molecule has 0 radical (unpaired) electrons. The standard InChI is InChI=1S/C20H18N4O2/c1-13(14-4-3-5-18(8-14)26-2)24-20(25)19-9-15(17-10-21-22-11-17)6-7-16(19)12-23-24/h3-13H,1-2H3,(H,21,22)/t13-/m0/s1. The molecule has 4 aromatic rings. The molecule has 2 heterocycles. The lowest BCUT2D eigenvalue weighted by Gasteiger charge is -2.15. The topological polar surface area (TPSA) is 72.8 Å². The summed E-state index contributed by atoms with van der Waals surface area (Å²) >= 11 is 0. The van der Waals surface area contributed by atoms with Crippen molar-refractivity contribution in [3.63, 3.8) is 0 Å². The zero-order valence-corrected chi connectivity index (χ0v) is 14.5. The summed E-state index contributed by atoms with van der Waals surface area (Å²) in [5.41, 5.74) is 2.72. The summed E-state index contributed by atoms with van der Waals surface area (Å²) in [6, 6.07) is 13.2. The molecule has 0 fully saturated rings. The van der Waals surface area contributed by atoms with Crippen LogP contribution >= 0.6 is 0 Å². The third-order valence-electron chi connectivity index (χ3n) is 4.59. The molecule has 0 aliphatic rings. The Labute approximate surface area is 150 Å². The number of fused-ring (bicyclic) bond motifs is 1. The van der Waals surface area contributed by atoms with Crippen LogP contribution in [0.3, 0.4) is 0 Å². The van der Waals surface area contributed by atoms with Gasteiger partial charge in [0.25, 0.3) is 5.56 Å². The summed E-state index contributed by atoms with van der Waals surface area (Å²) in [7, 11) is 1.63. The van der Waals surface area contributed by atoms with Crippen molar-refractivity contribution >= 4 is 10.8 Å². The van der Waals surface area contributed by atoms with Gasteiger partial charge in [-0.15, -0.1) is 0 Å². The van der Waals surface area contributed by atoms with Crippen LogP contribution in [0.2, 0.25) is 0 Å². The molecule has 0 spiro atoms. The molecule has 0 bridgehead atoms. The van der Waals surface area contributed by atoms with Gasteiger partial charge in [-0.25, -0.2) is 4.68 Å². The highest BCUT2D eigenvalue weighted by atomic mass is 16.5. The lowest BCUT2D eigenvalue weighted by atomic mass is 10.1. The number of H-pyrrole nitrogens is 1. The van der Waals surface area contributed by atoms with Crippen molar-refractivity contribution in [1.82, 2.24) is 20.0 Å². The first kappa shape index (κ1) is 16.1. The van der Waals surface area contributed by atoms with Crippen molar-refractivity contribution in [2.45, 2.75) is 13.0 Å². The highest BCUT2D eigenvalue weighted by Crippen LogP contribution is 2.24. The van der Waals surface area contributed by atoms with Crippen molar-refractivity contribution < 1.29 is 4.74 Å². The number of hydrogen-bond donors (Lipinski definition) is 1. The van der Waals surface area contributed by atoms with Crippen LogP contribution in [0, 0.1) is 0 Å². The van der Waals surface area contributed by atoms with Crippen LogP contribution in [0.1, 0.15) is 18.5 Å². The fourth-order valence-electron chi connectivity index (χ4n) is 3.06. The van der Waals surface area contributed by atoms with Crippen molar-refractivity contribution in [2.75, 3.05) is 7.11 Å². The molecule has 2 aromatic carbocycles. The van der Waals surface area contributed by atoms with E-state index in [-0.39, 0.29) is 11.6 Å². The van der Waals surface area contributed by atoms with Crippen molar-refractivity contribution in [1.29, 1.82) is 0 Å². The third-order valence-corrected chi connectivity index (χ3v) is 4.59. The second-order valence-corrected chi connectivity index (χ2v) is 6.14. The van der Waals surface area contributed by atoms with Gasteiger partial charge in [0.2, 0.25) is 0 Å². The van der Waals surface area contributed by atoms with E-state index in [0.29, 0.717) is 5.39 Å². The Balaban J connectivity index is 1.82. The van der Waals surface area contributed by atoms with Crippen LogP contribution in [0.4, 0.5) is 0 Å². The van der Waals surface area contributed by atoms with E-state index in [4.69, 9.17) is 4.74 Å². The van der Waals surface area contributed by atoms with Gasteiger partial charge in [-0.3, -0.25) is 9.89 Å². The van der Waals surface area contributed by atoms with Crippen LogP contribution in [0.5, 0.6) is 5.75 Å². The van der Waals surface area contributed by atoms with E-state index in [9.17, 15) is 4.79 Å². The SMILES string of the molecule is COc1cccc([C@H](C)n2ncc3ccc(-c4cn[nH]c4)cc3c2=O)c1. The predicted octanol–water partition coefficient (Wildman–Crippen LogP) is 3.40. The number of methoxy groups -OCH3 is 1. The first-order chi connectivity index (χ1) is 12.7. The fourth-order valence-corrected chi connectivity index (χ4v) is 3.06. The maximum atomic E-state index is 13.1. The molecule has 0 aliphatic carbocycles. The maximum Gasteiger partial charge on any atom is 0.275 e. The molecule has 6 heteroatoms. The number of aromatic amines is 1. The van der Waals surface area contributed by atoms with E-state index in [1.54, 1.807) is 25.7 Å². The van der Waals surface area contributed by atoms with E-state index < -0.39 is 0 Å². The largest absolute Gasteiger partial charge is 0.497 e. The summed E-state index contributed by atoms with van der Waals surface area (Å²) in [4.78, 5) is 13.1. The molecule has 0 amide bonds. The van der Waals surface area contributed by atoms with Gasteiger partial charge in [0.1, 0.15) is 5.75 Å². The molecular formula is C20H18N4O2. The van der Waals surface area contributed by atoms with Crippen LogP contribution in [0.25, 0.3) is 21.9 Å². The van der Waals surface area contributed by atoms with Crippen LogP contribution < -0.4 is 10.3 Å². The molecular weight excluding hydrogens is 328 g/mol. The van der Waals surface area contributed by atoms with Crippen LogP contribution in [0.15, 0.2) is 65.8 Å². The molecule has 0 saturated heterocycles. The normalized spacial score (nSPS) is 12.2. The minimum absolute atomic E-state index is 0.122. The second-order valence-electron chi connectivity index (χ2n) is 6.14. The highest BCUT2D eigenvalue weighted by molar-refractivity contribution is 5.85. The Morgan fingerprint density at radius 2 is 2.00 bits per heavy atom. The molecule has 1 N–H and O–H groups in total. The van der Waals surface area contributed by atoms with Gasteiger partial charge in [0, 0.05) is 17.1 Å². The molecule has 0 unspecified atom stereocenters. The van der Waals surface area contributed by atoms with Crippen LogP contribution in [-0.4, -0.2) is 27.1 Å². The average molecular weight is 346 g/mol. The van der Waals surface area contributed by atoms with Crippen molar-refractivity contribution in [2.24, 2.45) is 0 Å². The monoisotopic (exact) mass is 346 g/mol. The zero-order chi connectivity index (χ0) is 18.1. The molecule has 1 atom stereocenters. The van der Waals surface area contributed by atoms with Crippen molar-refractivity contribution in [3.05, 3.63) is 77.0 Å². The van der Waals surface area contributed by atoms with Gasteiger partial charge in [-0.2, -0.15) is 10.2 Å². The molecule has 4 rings (SSSR count). The molecule has 0 saturated carbocycles. The summed E-state index contributed by atoms with van der Waals surface area (Å²) in [5.74, 6) is 0.755. The first-order valence-electron chi connectivity index (χ1n) is 8.32. The Bertz CT molecular complexity index is 1120. The van der Waals surface area contributed by atoms with E-state index in [2.05, 4.69) is 15.3 Å². The molecule has 130 valence electrons. The Morgan fingerprint density at radius 3 is 2.77 bits per heavy atom. The highest BCUT2D eigenvalue weighted by Gasteiger charge is 2.14. The van der Waals surface area contributed by atoms with E-state index in [1.807, 2.05) is 49.4 Å². The van der Waals surface area contributed by atoms with E-state index >= 15 is 0 Å². The van der Waals surface area contributed by atoms with Crippen molar-refractivity contribution in [3.8, 4) is 16.9 Å². The minimum atomic E-state index is -0.209. The Morgan fingerprint density at radius 1 is 1.12 bits per heavy atom. The second kappa shape index (κ2) is 6.48. The minimum Gasteiger partial charge on any atom is -0.497 e. The Hall–Kier alpha value is -3.41. The number of benzene rings is 2. The zero-order valence-electron chi connectivity index (χ0n) is 14.5. The lowest BCUT2D eigenvalue weighted by Crippen LogP contribution is -2.26. The molecule has 26 heavy (non-hydrogen) atoms. The number of aromatic nitrogens is 4. The summed E-state index contributed by atoms with van der Waals surface area (Å²) in [6.07, 6.45) is 5.27. The lowest BCUT2D eigenvalue weighted by molar-refractivity contribution is 0.413. The van der Waals surface area contributed by atoms with Gasteiger partial charge >= 0.3 is 0 Å². The van der Waals surface area contributed by atoms with Gasteiger partial charge < -0.3 is 4.74 Å². The first-order valence-corrected chi connectivity index (χ1v) is 8.32. The van der Waals surface area contributed by atoms with Gasteiger partial charge in [0.15, 0.2) is 0 Å². The summed E-state index contributed by atoms with van der Waals surface area (Å²) in [6.45, 7) is 1.95. The van der Waals surface area contributed by atoms with Crippen LogP contribution in [-0.2, 0) is 0 Å². The molecule has 6 nitrogen and oxygen atoms in total. The predicted molar refractivity (Wildman–Crippen MR) is 100 cm³/mol. The summed E-state index contributed by atoms with van der Waals surface area (Å²) in [5, 5.41) is 12.6. The number of nitrogens with one attached hydrogen (secondary N) is 1.